The number of fused-ring (bicyclic) bond motifs is 1. The van der Waals surface area contributed by atoms with E-state index in [1.54, 1.807) is 48.9 Å². The lowest BCUT2D eigenvalue weighted by Gasteiger charge is -2.18. The van der Waals surface area contributed by atoms with Crippen LogP contribution in [0.15, 0.2) is 89.9 Å². The number of rotatable bonds is 6. The number of furan rings is 1. The third-order valence-electron chi connectivity index (χ3n) is 6.60. The summed E-state index contributed by atoms with van der Waals surface area (Å²) in [5.74, 6) is -0.359. The first-order valence-corrected chi connectivity index (χ1v) is 12.4. The van der Waals surface area contributed by atoms with E-state index in [1.807, 2.05) is 18.2 Å². The topological polar surface area (TPSA) is 113 Å². The fourth-order valence-electron chi connectivity index (χ4n) is 4.69. The number of anilines is 2. The molecular weight excluding hydrogens is 499 g/mol. The molecule has 0 saturated carbocycles. The molecule has 1 fully saturated rings. The summed E-state index contributed by atoms with van der Waals surface area (Å²) in [6.45, 7) is 1.27. The summed E-state index contributed by atoms with van der Waals surface area (Å²) in [6.07, 6.45) is 7.14. The Morgan fingerprint density at radius 3 is 2.64 bits per heavy atom. The van der Waals surface area contributed by atoms with Gasteiger partial charge in [0.25, 0.3) is 11.8 Å². The van der Waals surface area contributed by atoms with Gasteiger partial charge in [-0.15, -0.1) is 0 Å². The van der Waals surface area contributed by atoms with Gasteiger partial charge in [0.1, 0.15) is 11.6 Å². The van der Waals surface area contributed by atoms with Crippen molar-refractivity contribution in [3.05, 3.63) is 103 Å². The Labute approximate surface area is 222 Å². The van der Waals surface area contributed by atoms with Crippen LogP contribution in [0.25, 0.3) is 22.2 Å². The van der Waals surface area contributed by atoms with Gasteiger partial charge in [-0.1, -0.05) is 12.1 Å². The third-order valence-corrected chi connectivity index (χ3v) is 6.60. The number of nitrogens with zero attached hydrogens (tertiary/aromatic N) is 4. The van der Waals surface area contributed by atoms with Crippen LogP contribution in [0.5, 0.6) is 0 Å². The Kier molecular flexibility index (Phi) is 6.42. The maximum Gasteiger partial charge on any atom is 0.291 e. The third kappa shape index (κ3) is 5.04. The fourth-order valence-corrected chi connectivity index (χ4v) is 4.69. The molecule has 10 heteroatoms. The van der Waals surface area contributed by atoms with Crippen LogP contribution >= 0.6 is 0 Å². The number of carbonyl (C=O) groups excluding carboxylic acids is 2. The van der Waals surface area contributed by atoms with Crippen molar-refractivity contribution >= 4 is 34.4 Å². The van der Waals surface area contributed by atoms with Gasteiger partial charge < -0.3 is 20.0 Å². The molecule has 0 aliphatic carbocycles. The first kappa shape index (κ1) is 24.2. The predicted molar refractivity (Wildman–Crippen MR) is 144 cm³/mol. The summed E-state index contributed by atoms with van der Waals surface area (Å²) in [6, 6.07) is 16.5. The van der Waals surface area contributed by atoms with Crippen molar-refractivity contribution < 1.29 is 18.4 Å². The van der Waals surface area contributed by atoms with Gasteiger partial charge >= 0.3 is 0 Å². The summed E-state index contributed by atoms with van der Waals surface area (Å²) >= 11 is 0. The number of amides is 2. The second kappa shape index (κ2) is 10.3. The van der Waals surface area contributed by atoms with Crippen LogP contribution in [0.1, 0.15) is 27.3 Å². The zero-order valence-corrected chi connectivity index (χ0v) is 20.7. The molecule has 9 nitrogen and oxygen atoms in total. The Bertz CT molecular complexity index is 1660. The van der Waals surface area contributed by atoms with Gasteiger partial charge in [0.15, 0.2) is 5.76 Å². The Hall–Kier alpha value is -5.12. The molecule has 4 heterocycles. The lowest BCUT2D eigenvalue weighted by molar-refractivity contribution is 0.0935. The van der Waals surface area contributed by atoms with Crippen LogP contribution in [0.3, 0.4) is 0 Å². The first-order valence-electron chi connectivity index (χ1n) is 12.4. The number of aromatic nitrogens is 3. The Balaban J connectivity index is 1.20. The number of nitrogens with one attached hydrogen (secondary N) is 2. The number of hydrogen-bond donors (Lipinski definition) is 2. The van der Waals surface area contributed by atoms with Crippen molar-refractivity contribution in [2.45, 2.75) is 12.5 Å². The molecule has 0 bridgehead atoms. The van der Waals surface area contributed by atoms with Crippen LogP contribution in [-0.2, 0) is 0 Å². The smallest absolute Gasteiger partial charge is 0.291 e. The second-order valence-electron chi connectivity index (χ2n) is 9.17. The van der Waals surface area contributed by atoms with Crippen LogP contribution in [-0.4, -0.2) is 45.9 Å². The van der Waals surface area contributed by atoms with Crippen LogP contribution in [0.4, 0.5) is 15.9 Å². The number of halogens is 1. The molecule has 1 aliphatic heterocycles. The molecule has 0 radical (unpaired) electrons. The molecule has 2 aromatic carbocycles. The van der Waals surface area contributed by atoms with E-state index in [0.717, 1.165) is 23.4 Å². The highest BCUT2D eigenvalue weighted by molar-refractivity contribution is 6.04. The van der Waals surface area contributed by atoms with E-state index in [1.165, 1.54) is 18.4 Å². The highest BCUT2D eigenvalue weighted by Gasteiger charge is 2.26. The molecule has 6 rings (SSSR count). The lowest BCUT2D eigenvalue weighted by Crippen LogP contribution is -2.37. The van der Waals surface area contributed by atoms with Gasteiger partial charge in [-0.25, -0.2) is 9.37 Å². The number of carbonyl (C=O) groups is 2. The zero-order chi connectivity index (χ0) is 26.8. The van der Waals surface area contributed by atoms with Crippen molar-refractivity contribution in [2.24, 2.45) is 0 Å². The molecule has 194 valence electrons. The van der Waals surface area contributed by atoms with E-state index in [2.05, 4.69) is 30.5 Å². The summed E-state index contributed by atoms with van der Waals surface area (Å²) in [5.41, 5.74) is 3.47. The molecule has 5 aromatic rings. The van der Waals surface area contributed by atoms with Gasteiger partial charge in [0.2, 0.25) is 0 Å². The van der Waals surface area contributed by atoms with Crippen LogP contribution < -0.4 is 15.5 Å². The second-order valence-corrected chi connectivity index (χ2v) is 9.17. The lowest BCUT2D eigenvalue weighted by atomic mass is 10.0. The van der Waals surface area contributed by atoms with Crippen molar-refractivity contribution in [3.8, 4) is 11.1 Å². The molecule has 1 aliphatic rings. The molecule has 2 amide bonds. The minimum atomic E-state index is -0.538. The fraction of sp³-hybridized carbons (Fsp3) is 0.138. The molecule has 39 heavy (non-hydrogen) atoms. The first-order chi connectivity index (χ1) is 19.0. The quantitative estimate of drug-likeness (QED) is 0.333. The van der Waals surface area contributed by atoms with E-state index < -0.39 is 11.7 Å². The average molecular weight is 523 g/mol. The van der Waals surface area contributed by atoms with Crippen molar-refractivity contribution in [3.63, 3.8) is 0 Å². The minimum Gasteiger partial charge on any atom is -0.459 e. The van der Waals surface area contributed by atoms with E-state index >= 15 is 0 Å². The standard InChI is InChI=1S/C29H23FN6O3/c30-23-5-2-1-4-21(23)28(37)34-19-9-12-36(17-19)26-8-7-18(16-33-26)22-14-20(15-24-27(22)32-11-10-31-24)35-29(38)25-6-3-13-39-25/h1-8,10-11,13-16,19H,9,12,17H2,(H,34,37)(H,35,38)/t19-/m0/s1. The van der Waals surface area contributed by atoms with E-state index in [-0.39, 0.29) is 23.3 Å². The molecule has 2 N–H and O–H groups in total. The molecule has 1 saturated heterocycles. The van der Waals surface area contributed by atoms with Gasteiger partial charge in [-0.3, -0.25) is 19.6 Å². The van der Waals surface area contributed by atoms with Crippen molar-refractivity contribution in [2.75, 3.05) is 23.3 Å². The number of benzene rings is 2. The normalized spacial score (nSPS) is 14.9. The predicted octanol–water partition coefficient (Wildman–Crippen LogP) is 4.68. The van der Waals surface area contributed by atoms with Crippen molar-refractivity contribution in [1.82, 2.24) is 20.3 Å². The zero-order valence-electron chi connectivity index (χ0n) is 20.7. The van der Waals surface area contributed by atoms with Gasteiger partial charge in [0, 0.05) is 54.5 Å². The number of hydrogen-bond acceptors (Lipinski definition) is 7. The van der Waals surface area contributed by atoms with Gasteiger partial charge in [0.05, 0.1) is 22.9 Å². The summed E-state index contributed by atoms with van der Waals surface area (Å²) in [4.78, 5) is 40.7. The van der Waals surface area contributed by atoms with Gasteiger partial charge in [-0.2, -0.15) is 0 Å². The highest BCUT2D eigenvalue weighted by Crippen LogP contribution is 2.31. The summed E-state index contributed by atoms with van der Waals surface area (Å²) < 4.78 is 19.2. The molecule has 3 aromatic heterocycles. The molecule has 0 spiro atoms. The minimum absolute atomic E-state index is 0.0383. The van der Waals surface area contributed by atoms with Crippen LogP contribution in [0.2, 0.25) is 0 Å². The largest absolute Gasteiger partial charge is 0.459 e. The van der Waals surface area contributed by atoms with E-state index in [0.29, 0.717) is 29.8 Å². The summed E-state index contributed by atoms with van der Waals surface area (Å²) in [5, 5.41) is 5.77. The van der Waals surface area contributed by atoms with E-state index in [4.69, 9.17) is 4.42 Å². The SMILES string of the molecule is O=C(Nc1cc(-c2ccc(N3CC[C@H](NC(=O)c4ccccc4F)C3)nc2)c2nccnc2c1)c1ccco1. The maximum absolute atomic E-state index is 14.0. The van der Waals surface area contributed by atoms with Gasteiger partial charge in [-0.05, 0) is 55.0 Å². The molecule has 1 atom stereocenters. The Morgan fingerprint density at radius 1 is 0.974 bits per heavy atom. The molecule has 0 unspecified atom stereocenters. The van der Waals surface area contributed by atoms with E-state index in [9.17, 15) is 14.0 Å². The van der Waals surface area contributed by atoms with Crippen molar-refractivity contribution in [1.29, 1.82) is 0 Å². The maximum atomic E-state index is 14.0. The van der Waals surface area contributed by atoms with Crippen LogP contribution in [0, 0.1) is 5.82 Å². The molecular formula is C29H23FN6O3. The monoisotopic (exact) mass is 522 g/mol. The Morgan fingerprint density at radius 2 is 1.85 bits per heavy atom. The highest BCUT2D eigenvalue weighted by atomic mass is 19.1. The summed E-state index contributed by atoms with van der Waals surface area (Å²) in [7, 11) is 0. The number of pyridine rings is 1. The average Bonchev–Trinajstić information content (AvgIpc) is 3.66.